The molecule has 0 saturated heterocycles. The molecule has 0 atom stereocenters. The van der Waals surface area contributed by atoms with E-state index >= 15 is 0 Å². The van der Waals surface area contributed by atoms with E-state index in [4.69, 9.17) is 22.1 Å². The molecule has 0 fully saturated rings. The number of ether oxygens (including phenoxy) is 1. The highest BCUT2D eigenvalue weighted by Crippen LogP contribution is 2.21. The number of hydrogen-bond acceptors (Lipinski definition) is 6. The van der Waals surface area contributed by atoms with Crippen LogP contribution in [0.2, 0.25) is 5.02 Å². The zero-order valence-electron chi connectivity index (χ0n) is 12.6. The zero-order chi connectivity index (χ0) is 16.6. The third kappa shape index (κ3) is 2.83. The molecule has 8 heteroatoms. The van der Waals surface area contributed by atoms with E-state index in [0.717, 1.165) is 5.82 Å². The normalized spacial score (nSPS) is 10.9. The molecular weight excluding hydrogens is 318 g/mol. The zero-order valence-corrected chi connectivity index (χ0v) is 13.3. The molecule has 0 saturated carbocycles. The van der Waals surface area contributed by atoms with Gasteiger partial charge in [-0.2, -0.15) is 0 Å². The molecule has 3 rings (SSSR count). The second-order valence-corrected chi connectivity index (χ2v) is 5.38. The van der Waals surface area contributed by atoms with E-state index in [2.05, 4.69) is 15.0 Å². The van der Waals surface area contributed by atoms with E-state index in [1.165, 1.54) is 7.11 Å². The van der Waals surface area contributed by atoms with Crippen LogP contribution in [0.1, 0.15) is 22.0 Å². The topological polar surface area (TPSA) is 95.9 Å². The summed E-state index contributed by atoms with van der Waals surface area (Å²) >= 11 is 6.18. The summed E-state index contributed by atoms with van der Waals surface area (Å²) in [5.74, 6) is 0.241. The van der Waals surface area contributed by atoms with Gasteiger partial charge in [-0.3, -0.25) is 4.98 Å². The Balaban J connectivity index is 2.08. The lowest BCUT2D eigenvalue weighted by molar-refractivity contribution is 0.0594. The van der Waals surface area contributed by atoms with Gasteiger partial charge in [-0.1, -0.05) is 11.6 Å². The third-order valence-electron chi connectivity index (χ3n) is 3.42. The van der Waals surface area contributed by atoms with Gasteiger partial charge in [-0.05, 0) is 25.1 Å². The fourth-order valence-electron chi connectivity index (χ4n) is 2.27. The molecule has 2 N–H and O–H groups in total. The van der Waals surface area contributed by atoms with E-state index in [-0.39, 0.29) is 5.69 Å². The van der Waals surface area contributed by atoms with Crippen molar-refractivity contribution < 1.29 is 9.53 Å². The molecule has 3 aromatic rings. The summed E-state index contributed by atoms with van der Waals surface area (Å²) < 4.78 is 6.54. The molecule has 3 heterocycles. The highest BCUT2D eigenvalue weighted by atomic mass is 35.5. The van der Waals surface area contributed by atoms with Crippen LogP contribution in [0, 0.1) is 6.92 Å². The van der Waals surface area contributed by atoms with Gasteiger partial charge in [-0.15, -0.1) is 0 Å². The molecule has 118 valence electrons. The maximum absolute atomic E-state index is 11.7. The minimum atomic E-state index is -0.499. The predicted octanol–water partition coefficient (Wildman–Crippen LogP) is 2.21. The number of pyridine rings is 2. The minimum Gasteiger partial charge on any atom is -0.464 e. The van der Waals surface area contributed by atoms with Crippen LogP contribution in [-0.2, 0) is 11.3 Å². The van der Waals surface area contributed by atoms with Crippen molar-refractivity contribution in [3.8, 4) is 0 Å². The molecule has 0 aliphatic carbocycles. The maximum Gasteiger partial charge on any atom is 0.356 e. The Bertz CT molecular complexity index is 906. The molecule has 0 bridgehead atoms. The number of anilines is 1. The Kier molecular flexibility index (Phi) is 3.87. The second-order valence-electron chi connectivity index (χ2n) is 4.97. The minimum absolute atomic E-state index is 0.220. The monoisotopic (exact) mass is 331 g/mol. The van der Waals surface area contributed by atoms with Gasteiger partial charge in [0, 0.05) is 0 Å². The van der Waals surface area contributed by atoms with Crippen LogP contribution in [0.4, 0.5) is 5.69 Å². The molecule has 0 aromatic carbocycles. The van der Waals surface area contributed by atoms with Gasteiger partial charge in [0.2, 0.25) is 0 Å². The van der Waals surface area contributed by atoms with Gasteiger partial charge >= 0.3 is 5.97 Å². The number of nitrogens with two attached hydrogens (primary N) is 1. The van der Waals surface area contributed by atoms with Crippen LogP contribution in [0.15, 0.2) is 24.4 Å². The summed E-state index contributed by atoms with van der Waals surface area (Å²) in [6, 6.07) is 4.96. The quantitative estimate of drug-likeness (QED) is 0.739. The first-order chi connectivity index (χ1) is 11.0. The van der Waals surface area contributed by atoms with Crippen molar-refractivity contribution in [2.24, 2.45) is 0 Å². The average molecular weight is 332 g/mol. The number of imidazole rings is 1. The number of methoxy groups -OCH3 is 1. The smallest absolute Gasteiger partial charge is 0.356 e. The highest BCUT2D eigenvalue weighted by molar-refractivity contribution is 6.31. The first-order valence-corrected chi connectivity index (χ1v) is 7.19. The third-order valence-corrected chi connectivity index (χ3v) is 3.75. The Hall–Kier alpha value is -2.67. The van der Waals surface area contributed by atoms with Crippen molar-refractivity contribution in [3.63, 3.8) is 0 Å². The number of carbonyl (C=O) groups is 1. The largest absolute Gasteiger partial charge is 0.464 e. The summed E-state index contributed by atoms with van der Waals surface area (Å²) in [5, 5.41) is 0.468. The van der Waals surface area contributed by atoms with Gasteiger partial charge in [0.1, 0.15) is 11.3 Å². The van der Waals surface area contributed by atoms with Crippen molar-refractivity contribution in [1.82, 2.24) is 19.5 Å². The molecule has 7 nitrogen and oxygen atoms in total. The number of nitrogen functional groups attached to an aromatic ring is 1. The van der Waals surface area contributed by atoms with E-state index in [1.54, 1.807) is 24.4 Å². The van der Waals surface area contributed by atoms with Gasteiger partial charge in [-0.25, -0.2) is 14.8 Å². The number of nitrogens with zero attached hydrogens (tertiary/aromatic N) is 4. The summed E-state index contributed by atoms with van der Waals surface area (Å²) in [6.45, 7) is 2.23. The lowest BCUT2D eigenvalue weighted by Crippen LogP contribution is -2.08. The number of rotatable bonds is 3. The molecule has 3 aromatic heterocycles. The Morgan fingerprint density at radius 1 is 1.39 bits per heavy atom. The van der Waals surface area contributed by atoms with Crippen molar-refractivity contribution in [1.29, 1.82) is 0 Å². The Morgan fingerprint density at radius 2 is 2.17 bits per heavy atom. The van der Waals surface area contributed by atoms with Crippen LogP contribution >= 0.6 is 11.6 Å². The van der Waals surface area contributed by atoms with E-state index in [1.807, 2.05) is 11.5 Å². The summed E-state index contributed by atoms with van der Waals surface area (Å²) in [4.78, 5) is 24.7. The van der Waals surface area contributed by atoms with Crippen molar-refractivity contribution in [3.05, 3.63) is 46.6 Å². The summed E-state index contributed by atoms with van der Waals surface area (Å²) in [5.41, 5.74) is 8.28. The first-order valence-electron chi connectivity index (χ1n) is 6.81. The van der Waals surface area contributed by atoms with Crippen LogP contribution in [0.3, 0.4) is 0 Å². The van der Waals surface area contributed by atoms with Gasteiger partial charge in [0.05, 0.1) is 36.3 Å². The van der Waals surface area contributed by atoms with Gasteiger partial charge in [0.25, 0.3) is 0 Å². The summed E-state index contributed by atoms with van der Waals surface area (Å²) in [6.07, 6.45) is 1.54. The molecular formula is C15H14ClN5O2. The maximum atomic E-state index is 11.7. The second kappa shape index (κ2) is 5.85. The molecule has 0 unspecified atom stereocenters. The van der Waals surface area contributed by atoms with Crippen molar-refractivity contribution >= 4 is 34.4 Å². The van der Waals surface area contributed by atoms with Crippen molar-refractivity contribution in [2.45, 2.75) is 13.5 Å². The standard InChI is InChI=1S/C15H14ClN5O2/c1-8-19-11-3-4-12(15(22)23-2)20-14(11)21(8)7-13-10(16)5-9(17)6-18-13/h3-6H,7,17H2,1-2H3. The van der Waals surface area contributed by atoms with Crippen LogP contribution < -0.4 is 5.73 Å². The van der Waals surface area contributed by atoms with E-state index in [0.29, 0.717) is 34.1 Å². The molecule has 0 amide bonds. The predicted molar refractivity (Wildman–Crippen MR) is 86.4 cm³/mol. The average Bonchev–Trinajstić information content (AvgIpc) is 2.84. The van der Waals surface area contributed by atoms with Gasteiger partial charge in [0.15, 0.2) is 11.3 Å². The molecule has 0 aliphatic heterocycles. The van der Waals surface area contributed by atoms with Crippen LogP contribution in [0.25, 0.3) is 11.2 Å². The SMILES string of the molecule is COC(=O)c1ccc2nc(C)n(Cc3ncc(N)cc3Cl)c2n1. The number of fused-ring (bicyclic) bond motifs is 1. The lowest BCUT2D eigenvalue weighted by Gasteiger charge is -2.08. The molecule has 0 radical (unpaired) electrons. The number of hydrogen-bond donors (Lipinski definition) is 1. The molecule has 0 spiro atoms. The fourth-order valence-corrected chi connectivity index (χ4v) is 2.50. The Labute approximate surface area is 137 Å². The number of esters is 1. The fraction of sp³-hybridized carbons (Fsp3) is 0.200. The van der Waals surface area contributed by atoms with E-state index in [9.17, 15) is 4.79 Å². The Morgan fingerprint density at radius 3 is 2.87 bits per heavy atom. The molecule has 23 heavy (non-hydrogen) atoms. The van der Waals surface area contributed by atoms with Gasteiger partial charge < -0.3 is 15.0 Å². The molecule has 0 aliphatic rings. The lowest BCUT2D eigenvalue weighted by atomic mass is 10.3. The number of aryl methyl sites for hydroxylation is 1. The van der Waals surface area contributed by atoms with Crippen molar-refractivity contribution in [2.75, 3.05) is 12.8 Å². The first kappa shape index (κ1) is 15.2. The van der Waals surface area contributed by atoms with E-state index < -0.39 is 5.97 Å². The van der Waals surface area contributed by atoms with Crippen LogP contribution in [-0.4, -0.2) is 32.6 Å². The highest BCUT2D eigenvalue weighted by Gasteiger charge is 2.15. The number of aromatic nitrogens is 4. The number of halogens is 1. The number of carbonyl (C=O) groups excluding carboxylic acids is 1. The summed E-state index contributed by atoms with van der Waals surface area (Å²) in [7, 11) is 1.31. The van der Waals surface area contributed by atoms with Crippen LogP contribution in [0.5, 0.6) is 0 Å².